The van der Waals surface area contributed by atoms with E-state index in [2.05, 4.69) is 57.7 Å². The van der Waals surface area contributed by atoms with Gasteiger partial charge < -0.3 is 4.74 Å². The highest BCUT2D eigenvalue weighted by Gasteiger charge is 2.09. The van der Waals surface area contributed by atoms with Crippen LogP contribution in [0.1, 0.15) is 16.4 Å². The molecule has 0 fully saturated rings. The third-order valence-corrected chi connectivity index (χ3v) is 4.23. The average Bonchev–Trinajstić information content (AvgIpc) is 2.89. The Balaban J connectivity index is 1.84. The number of hydrogen-bond donors (Lipinski definition) is 0. The number of benzene rings is 1. The van der Waals surface area contributed by atoms with Gasteiger partial charge in [-0.25, -0.2) is 0 Å². The fraction of sp³-hybridized carbons (Fsp3) is 0.286. The van der Waals surface area contributed by atoms with Crippen LogP contribution in [0, 0.1) is 0 Å². The summed E-state index contributed by atoms with van der Waals surface area (Å²) in [6.45, 7) is 1.47. The molecule has 0 saturated heterocycles. The standard InChI is InChI=1S/C14H15BrOS/c15-9-13(12-5-2-1-3-6-12)10-16-11-14-7-4-8-17-14/h1-8,13H,9-11H2. The summed E-state index contributed by atoms with van der Waals surface area (Å²) in [6.07, 6.45) is 0. The minimum atomic E-state index is 0.427. The van der Waals surface area contributed by atoms with Gasteiger partial charge >= 0.3 is 0 Å². The normalized spacial score (nSPS) is 12.5. The zero-order chi connectivity index (χ0) is 11.9. The van der Waals surface area contributed by atoms with Crippen molar-refractivity contribution in [2.75, 3.05) is 11.9 Å². The van der Waals surface area contributed by atoms with E-state index in [0.29, 0.717) is 12.5 Å². The number of ether oxygens (including phenoxy) is 1. The summed E-state index contributed by atoms with van der Waals surface area (Å²) in [6, 6.07) is 14.7. The molecule has 17 heavy (non-hydrogen) atoms. The van der Waals surface area contributed by atoms with Crippen LogP contribution >= 0.6 is 27.3 Å². The molecule has 1 aromatic carbocycles. The summed E-state index contributed by atoms with van der Waals surface area (Å²) < 4.78 is 5.77. The molecule has 2 aromatic rings. The van der Waals surface area contributed by atoms with Crippen molar-refractivity contribution < 1.29 is 4.74 Å². The maximum Gasteiger partial charge on any atom is 0.0809 e. The van der Waals surface area contributed by atoms with Crippen LogP contribution in [-0.4, -0.2) is 11.9 Å². The molecule has 0 amide bonds. The summed E-state index contributed by atoms with van der Waals surface area (Å²) in [5.41, 5.74) is 1.33. The number of hydrogen-bond acceptors (Lipinski definition) is 2. The van der Waals surface area contributed by atoms with Gasteiger partial charge in [0.25, 0.3) is 0 Å². The van der Waals surface area contributed by atoms with Crippen LogP contribution in [0.5, 0.6) is 0 Å². The topological polar surface area (TPSA) is 9.23 Å². The van der Waals surface area contributed by atoms with Gasteiger partial charge in [0.15, 0.2) is 0 Å². The number of rotatable bonds is 6. The first-order valence-electron chi connectivity index (χ1n) is 5.61. The van der Waals surface area contributed by atoms with Crippen LogP contribution < -0.4 is 0 Å². The second-order valence-corrected chi connectivity index (χ2v) is 5.54. The molecule has 0 saturated carbocycles. The van der Waals surface area contributed by atoms with Crippen molar-refractivity contribution in [3.63, 3.8) is 0 Å². The molecule has 3 heteroatoms. The van der Waals surface area contributed by atoms with Crippen molar-refractivity contribution in [2.45, 2.75) is 12.5 Å². The summed E-state index contributed by atoms with van der Waals surface area (Å²) in [5, 5.41) is 3.01. The van der Waals surface area contributed by atoms with Crippen molar-refractivity contribution >= 4 is 27.3 Å². The van der Waals surface area contributed by atoms with E-state index in [-0.39, 0.29) is 0 Å². The van der Waals surface area contributed by atoms with Gasteiger partial charge in [0.1, 0.15) is 0 Å². The molecule has 1 unspecified atom stereocenters. The van der Waals surface area contributed by atoms with Crippen molar-refractivity contribution in [3.8, 4) is 0 Å². The highest BCUT2D eigenvalue weighted by Crippen LogP contribution is 2.19. The predicted molar refractivity (Wildman–Crippen MR) is 77.0 cm³/mol. The molecule has 90 valence electrons. The molecule has 0 N–H and O–H groups in total. The zero-order valence-electron chi connectivity index (χ0n) is 9.51. The Kier molecular flexibility index (Phi) is 5.23. The van der Waals surface area contributed by atoms with E-state index in [9.17, 15) is 0 Å². The summed E-state index contributed by atoms with van der Waals surface area (Å²) >= 11 is 5.30. The lowest BCUT2D eigenvalue weighted by Gasteiger charge is -2.14. The van der Waals surface area contributed by atoms with Crippen molar-refractivity contribution in [1.82, 2.24) is 0 Å². The van der Waals surface area contributed by atoms with E-state index in [1.807, 2.05) is 6.07 Å². The molecular weight excluding hydrogens is 296 g/mol. The average molecular weight is 311 g/mol. The molecule has 1 atom stereocenters. The van der Waals surface area contributed by atoms with Gasteiger partial charge in [0.2, 0.25) is 0 Å². The molecule has 0 bridgehead atoms. The predicted octanol–water partition coefficient (Wildman–Crippen LogP) is 4.44. The number of halogens is 1. The summed E-state index contributed by atoms with van der Waals surface area (Å²) in [5.74, 6) is 0.427. The maximum atomic E-state index is 5.77. The first-order chi connectivity index (χ1) is 8.40. The van der Waals surface area contributed by atoms with Crippen molar-refractivity contribution in [1.29, 1.82) is 0 Å². The van der Waals surface area contributed by atoms with Crippen molar-refractivity contribution in [3.05, 3.63) is 58.3 Å². The van der Waals surface area contributed by atoms with Gasteiger partial charge in [-0.15, -0.1) is 11.3 Å². The van der Waals surface area contributed by atoms with E-state index in [1.165, 1.54) is 10.4 Å². The third kappa shape index (κ3) is 3.95. The van der Waals surface area contributed by atoms with Crippen molar-refractivity contribution in [2.24, 2.45) is 0 Å². The first kappa shape index (κ1) is 12.8. The van der Waals surface area contributed by atoms with Gasteiger partial charge in [0, 0.05) is 16.1 Å². The highest BCUT2D eigenvalue weighted by atomic mass is 79.9. The molecule has 1 nitrogen and oxygen atoms in total. The van der Waals surface area contributed by atoms with Crippen LogP contribution in [0.3, 0.4) is 0 Å². The SMILES string of the molecule is BrCC(COCc1cccs1)c1ccccc1. The maximum absolute atomic E-state index is 5.77. The Morgan fingerprint density at radius 2 is 1.94 bits per heavy atom. The van der Waals surface area contributed by atoms with Crippen LogP contribution in [-0.2, 0) is 11.3 Å². The molecular formula is C14H15BrOS. The molecule has 0 radical (unpaired) electrons. The second kappa shape index (κ2) is 6.94. The fourth-order valence-corrected chi connectivity index (χ4v) is 2.85. The van der Waals surface area contributed by atoms with Crippen LogP contribution in [0.2, 0.25) is 0 Å². The molecule has 0 aliphatic rings. The largest absolute Gasteiger partial charge is 0.375 e. The first-order valence-corrected chi connectivity index (χ1v) is 7.61. The second-order valence-electron chi connectivity index (χ2n) is 3.86. The smallest absolute Gasteiger partial charge is 0.0809 e. The molecule has 0 aliphatic heterocycles. The van der Waals surface area contributed by atoms with Gasteiger partial charge in [0.05, 0.1) is 13.2 Å². The lowest BCUT2D eigenvalue weighted by Crippen LogP contribution is -2.09. The highest BCUT2D eigenvalue weighted by molar-refractivity contribution is 9.09. The van der Waals surface area contributed by atoms with Gasteiger partial charge in [-0.1, -0.05) is 52.3 Å². The van der Waals surface area contributed by atoms with Crippen LogP contribution in [0.4, 0.5) is 0 Å². The lowest BCUT2D eigenvalue weighted by molar-refractivity contribution is 0.113. The molecule has 0 spiro atoms. The van der Waals surface area contributed by atoms with E-state index < -0.39 is 0 Å². The zero-order valence-corrected chi connectivity index (χ0v) is 11.9. The van der Waals surface area contributed by atoms with Gasteiger partial charge in [-0.05, 0) is 17.0 Å². The Morgan fingerprint density at radius 3 is 2.59 bits per heavy atom. The molecule has 0 aliphatic carbocycles. The summed E-state index contributed by atoms with van der Waals surface area (Å²) in [4.78, 5) is 1.28. The van der Waals surface area contributed by atoms with Gasteiger partial charge in [-0.2, -0.15) is 0 Å². The van der Waals surface area contributed by atoms with Crippen LogP contribution in [0.15, 0.2) is 47.8 Å². The Hall–Kier alpha value is -0.640. The van der Waals surface area contributed by atoms with E-state index in [1.54, 1.807) is 11.3 Å². The quantitative estimate of drug-likeness (QED) is 0.717. The molecule has 2 rings (SSSR count). The summed E-state index contributed by atoms with van der Waals surface area (Å²) in [7, 11) is 0. The fourth-order valence-electron chi connectivity index (χ4n) is 1.65. The number of alkyl halides is 1. The third-order valence-electron chi connectivity index (χ3n) is 2.60. The van der Waals surface area contributed by atoms with Crippen LogP contribution in [0.25, 0.3) is 0 Å². The minimum Gasteiger partial charge on any atom is -0.375 e. The lowest BCUT2D eigenvalue weighted by atomic mass is 10.0. The Labute approximate surface area is 115 Å². The van der Waals surface area contributed by atoms with Gasteiger partial charge in [-0.3, -0.25) is 0 Å². The van der Waals surface area contributed by atoms with E-state index in [0.717, 1.165) is 11.9 Å². The van der Waals surface area contributed by atoms with E-state index in [4.69, 9.17) is 4.74 Å². The Bertz CT molecular complexity index is 413. The number of thiophene rings is 1. The Morgan fingerprint density at radius 1 is 1.12 bits per heavy atom. The minimum absolute atomic E-state index is 0.427. The molecule has 1 aromatic heterocycles. The van der Waals surface area contributed by atoms with E-state index >= 15 is 0 Å². The monoisotopic (exact) mass is 310 g/mol. The molecule has 1 heterocycles.